The number of carbonyl (C=O) groups is 1. The van der Waals surface area contributed by atoms with Gasteiger partial charge in [-0.1, -0.05) is 45.0 Å². The van der Waals surface area contributed by atoms with E-state index in [0.717, 1.165) is 56.8 Å². The maximum Gasteiger partial charge on any atom is 0.272 e. The second-order valence-electron chi connectivity index (χ2n) is 10.7. The van der Waals surface area contributed by atoms with E-state index in [4.69, 9.17) is 4.74 Å². The standard InChI is InChI=1S/C27H39N5O2/c1-19-24(26(33)31-13-10-22(11-14-31)32-15-12-23(17-32)34-5)29-18-30-25(19)28-16-20-6-8-21(9-7-20)27(2,3)4/h6-9,18,22-23H,10-17H2,1-5H3,(H,28,29,30)/t23-/m1/s1. The van der Waals surface area contributed by atoms with Gasteiger partial charge in [-0.25, -0.2) is 9.97 Å². The van der Waals surface area contributed by atoms with Crippen molar-refractivity contribution in [3.8, 4) is 0 Å². The average molecular weight is 466 g/mol. The molecule has 1 aromatic carbocycles. The van der Waals surface area contributed by atoms with E-state index >= 15 is 0 Å². The van der Waals surface area contributed by atoms with Crippen molar-refractivity contribution in [2.24, 2.45) is 0 Å². The van der Waals surface area contributed by atoms with E-state index in [9.17, 15) is 4.79 Å². The van der Waals surface area contributed by atoms with Crippen LogP contribution < -0.4 is 5.32 Å². The Labute approximate surface area is 203 Å². The maximum atomic E-state index is 13.3. The molecular formula is C27H39N5O2. The Bertz CT molecular complexity index is 978. The molecule has 1 atom stereocenters. The molecule has 2 aliphatic rings. The highest BCUT2D eigenvalue weighted by atomic mass is 16.5. The first kappa shape index (κ1) is 24.6. The molecule has 0 spiro atoms. The minimum absolute atomic E-state index is 0.00659. The Morgan fingerprint density at radius 3 is 2.41 bits per heavy atom. The Morgan fingerprint density at radius 1 is 1.09 bits per heavy atom. The number of piperidine rings is 1. The molecule has 4 rings (SSSR count). The van der Waals surface area contributed by atoms with Crippen LogP contribution in [0.5, 0.6) is 0 Å². The van der Waals surface area contributed by atoms with E-state index in [-0.39, 0.29) is 11.3 Å². The van der Waals surface area contributed by atoms with Crippen LogP contribution in [0.1, 0.15) is 67.2 Å². The highest BCUT2D eigenvalue weighted by Crippen LogP contribution is 2.25. The second kappa shape index (κ2) is 10.4. The Kier molecular flexibility index (Phi) is 7.53. The van der Waals surface area contributed by atoms with Gasteiger partial charge >= 0.3 is 0 Å². The quantitative estimate of drug-likeness (QED) is 0.695. The van der Waals surface area contributed by atoms with Crippen LogP contribution in [0.4, 0.5) is 5.82 Å². The lowest BCUT2D eigenvalue weighted by Gasteiger charge is -2.36. The van der Waals surface area contributed by atoms with Gasteiger partial charge in [-0.15, -0.1) is 0 Å². The molecule has 0 saturated carbocycles. The normalized spacial score (nSPS) is 20.0. The third-order valence-corrected chi connectivity index (χ3v) is 7.34. The zero-order valence-electron chi connectivity index (χ0n) is 21.3. The maximum absolute atomic E-state index is 13.3. The van der Waals surface area contributed by atoms with Crippen molar-refractivity contribution in [1.82, 2.24) is 19.8 Å². The van der Waals surface area contributed by atoms with Crippen molar-refractivity contribution < 1.29 is 9.53 Å². The van der Waals surface area contributed by atoms with Crippen molar-refractivity contribution >= 4 is 11.7 Å². The number of anilines is 1. The number of hydrogen-bond acceptors (Lipinski definition) is 6. The molecule has 34 heavy (non-hydrogen) atoms. The van der Waals surface area contributed by atoms with Crippen LogP contribution in [0.25, 0.3) is 0 Å². The predicted octanol–water partition coefficient (Wildman–Crippen LogP) is 4.02. The fourth-order valence-corrected chi connectivity index (χ4v) is 5.01. The van der Waals surface area contributed by atoms with Gasteiger partial charge in [0.05, 0.1) is 6.10 Å². The van der Waals surface area contributed by atoms with Gasteiger partial charge in [0.2, 0.25) is 0 Å². The first-order valence-electron chi connectivity index (χ1n) is 12.5. The smallest absolute Gasteiger partial charge is 0.272 e. The van der Waals surface area contributed by atoms with E-state index in [1.54, 1.807) is 7.11 Å². The largest absolute Gasteiger partial charge is 0.380 e. The lowest BCUT2D eigenvalue weighted by atomic mass is 9.87. The van der Waals surface area contributed by atoms with E-state index in [1.807, 2.05) is 11.8 Å². The summed E-state index contributed by atoms with van der Waals surface area (Å²) >= 11 is 0. The molecule has 2 aliphatic heterocycles. The van der Waals surface area contributed by atoms with E-state index < -0.39 is 0 Å². The molecular weight excluding hydrogens is 426 g/mol. The fraction of sp³-hybridized carbons (Fsp3) is 0.593. The molecule has 1 amide bonds. The molecule has 1 aromatic heterocycles. The van der Waals surface area contributed by atoms with Gasteiger partial charge < -0.3 is 15.0 Å². The summed E-state index contributed by atoms with van der Waals surface area (Å²) in [5.74, 6) is 0.725. The van der Waals surface area contributed by atoms with Gasteiger partial charge in [0, 0.05) is 51.4 Å². The van der Waals surface area contributed by atoms with Crippen LogP contribution in [0.2, 0.25) is 0 Å². The molecule has 7 heteroatoms. The molecule has 0 bridgehead atoms. The Hall–Kier alpha value is -2.51. The molecule has 2 aromatic rings. The summed E-state index contributed by atoms with van der Waals surface area (Å²) in [4.78, 5) is 26.5. The number of carbonyl (C=O) groups excluding carboxylic acids is 1. The number of amides is 1. The third kappa shape index (κ3) is 5.58. The van der Waals surface area contributed by atoms with Gasteiger partial charge in [0.15, 0.2) is 0 Å². The number of nitrogens with zero attached hydrogens (tertiary/aromatic N) is 4. The zero-order chi connectivity index (χ0) is 24.3. The number of hydrogen-bond donors (Lipinski definition) is 1. The SMILES string of the molecule is CO[C@@H]1CCN(C2CCN(C(=O)c3ncnc(NCc4ccc(C(C)(C)C)cc4)c3C)CC2)C1. The monoisotopic (exact) mass is 465 g/mol. The molecule has 0 radical (unpaired) electrons. The summed E-state index contributed by atoms with van der Waals surface area (Å²) in [6.07, 6.45) is 4.95. The van der Waals surface area contributed by atoms with Crippen LogP contribution in [0.15, 0.2) is 30.6 Å². The molecule has 3 heterocycles. The van der Waals surface area contributed by atoms with Gasteiger partial charge in [0.1, 0.15) is 17.8 Å². The number of ether oxygens (including phenoxy) is 1. The molecule has 0 unspecified atom stereocenters. The molecule has 0 aliphatic carbocycles. The second-order valence-corrected chi connectivity index (χ2v) is 10.7. The van der Waals surface area contributed by atoms with Gasteiger partial charge in [-0.3, -0.25) is 9.69 Å². The van der Waals surface area contributed by atoms with Crippen LogP contribution in [-0.4, -0.2) is 71.1 Å². The number of benzene rings is 1. The Morgan fingerprint density at radius 2 is 1.79 bits per heavy atom. The number of aromatic nitrogens is 2. The summed E-state index contributed by atoms with van der Waals surface area (Å²) in [5.41, 5.74) is 3.94. The highest BCUT2D eigenvalue weighted by molar-refractivity contribution is 5.94. The number of methoxy groups -OCH3 is 1. The first-order chi connectivity index (χ1) is 16.3. The van der Waals surface area contributed by atoms with Crippen LogP contribution in [-0.2, 0) is 16.7 Å². The summed E-state index contributed by atoms with van der Waals surface area (Å²) in [7, 11) is 1.80. The summed E-state index contributed by atoms with van der Waals surface area (Å²) in [5, 5.41) is 3.40. The summed E-state index contributed by atoms with van der Waals surface area (Å²) in [6.45, 7) is 12.9. The molecule has 7 nitrogen and oxygen atoms in total. The number of rotatable bonds is 6. The zero-order valence-corrected chi connectivity index (χ0v) is 21.3. The van der Waals surface area contributed by atoms with Gasteiger partial charge in [-0.05, 0) is 42.7 Å². The van der Waals surface area contributed by atoms with Crippen LogP contribution in [0, 0.1) is 6.92 Å². The number of likely N-dealkylation sites (tertiary alicyclic amines) is 2. The van der Waals surface area contributed by atoms with E-state index in [1.165, 1.54) is 17.5 Å². The predicted molar refractivity (Wildman–Crippen MR) is 135 cm³/mol. The van der Waals surface area contributed by atoms with Crippen LogP contribution >= 0.6 is 0 Å². The molecule has 2 fully saturated rings. The van der Waals surface area contributed by atoms with Crippen molar-refractivity contribution in [3.05, 3.63) is 53.0 Å². The summed E-state index contributed by atoms with van der Waals surface area (Å²) in [6, 6.07) is 9.20. The van der Waals surface area contributed by atoms with Gasteiger partial charge in [-0.2, -0.15) is 0 Å². The lowest BCUT2D eigenvalue weighted by molar-refractivity contribution is 0.0597. The van der Waals surface area contributed by atoms with Crippen molar-refractivity contribution in [1.29, 1.82) is 0 Å². The molecule has 2 saturated heterocycles. The van der Waals surface area contributed by atoms with Crippen molar-refractivity contribution in [2.45, 2.75) is 71.1 Å². The number of nitrogens with one attached hydrogen (secondary N) is 1. The van der Waals surface area contributed by atoms with E-state index in [0.29, 0.717) is 24.4 Å². The summed E-state index contributed by atoms with van der Waals surface area (Å²) < 4.78 is 5.51. The topological polar surface area (TPSA) is 70.6 Å². The Balaban J connectivity index is 1.35. The fourth-order valence-electron chi connectivity index (χ4n) is 5.01. The first-order valence-corrected chi connectivity index (χ1v) is 12.5. The average Bonchev–Trinajstić information content (AvgIpc) is 3.32. The highest BCUT2D eigenvalue weighted by Gasteiger charge is 2.32. The minimum Gasteiger partial charge on any atom is -0.380 e. The molecule has 184 valence electrons. The van der Waals surface area contributed by atoms with E-state index in [2.05, 4.69) is 65.2 Å². The molecule has 1 N–H and O–H groups in total. The van der Waals surface area contributed by atoms with Crippen molar-refractivity contribution in [3.63, 3.8) is 0 Å². The van der Waals surface area contributed by atoms with Crippen molar-refractivity contribution in [2.75, 3.05) is 38.6 Å². The van der Waals surface area contributed by atoms with Crippen LogP contribution in [0.3, 0.4) is 0 Å². The lowest BCUT2D eigenvalue weighted by Crippen LogP contribution is -2.46. The third-order valence-electron chi connectivity index (χ3n) is 7.34. The minimum atomic E-state index is 0.00659. The van der Waals surface area contributed by atoms with Gasteiger partial charge in [0.25, 0.3) is 5.91 Å².